The average Bonchev–Trinajstić information content (AvgIpc) is 2.64. The van der Waals surface area contributed by atoms with Gasteiger partial charge in [-0.05, 0) is 23.1 Å². The van der Waals surface area contributed by atoms with Crippen LogP contribution in [0.25, 0.3) is 0 Å². The van der Waals surface area contributed by atoms with E-state index in [1.165, 1.54) is 5.56 Å². The van der Waals surface area contributed by atoms with E-state index in [1.807, 2.05) is 24.3 Å². The number of halogens is 1. The van der Waals surface area contributed by atoms with Gasteiger partial charge in [0.1, 0.15) is 5.75 Å². The van der Waals surface area contributed by atoms with Crippen molar-refractivity contribution in [3.05, 3.63) is 35.0 Å². The molecule has 90 valence electrons. The van der Waals surface area contributed by atoms with Gasteiger partial charge in [0.15, 0.2) is 0 Å². The van der Waals surface area contributed by atoms with Crippen molar-refractivity contribution in [2.75, 3.05) is 0 Å². The predicted molar refractivity (Wildman–Crippen MR) is 70.1 cm³/mol. The Labute approximate surface area is 110 Å². The summed E-state index contributed by atoms with van der Waals surface area (Å²) < 4.78 is 13.3. The van der Waals surface area contributed by atoms with Crippen LogP contribution in [0, 0.1) is 0 Å². The molecular weight excluding hydrogens is 256 g/mol. The Morgan fingerprint density at radius 3 is 2.24 bits per heavy atom. The van der Waals surface area contributed by atoms with E-state index < -0.39 is 0 Å². The molecule has 5 heteroatoms. The Hall–Kier alpha value is -1.13. The van der Waals surface area contributed by atoms with E-state index in [0.29, 0.717) is 16.8 Å². The Morgan fingerprint density at radius 1 is 1.12 bits per heavy atom. The highest BCUT2D eigenvalue weighted by Gasteiger charge is 2.14. The zero-order chi connectivity index (χ0) is 12.5. The number of ether oxygens (including phenoxy) is 1. The van der Waals surface area contributed by atoms with Crippen LogP contribution in [-0.2, 0) is 5.41 Å². The second-order valence-corrected chi connectivity index (χ2v) is 5.62. The number of nitrogens with zero attached hydrogens (tertiary/aromatic N) is 2. The fraction of sp³-hybridized carbons (Fsp3) is 0.333. The van der Waals surface area contributed by atoms with Crippen LogP contribution < -0.4 is 4.74 Å². The van der Waals surface area contributed by atoms with Gasteiger partial charge in [-0.1, -0.05) is 44.5 Å². The van der Waals surface area contributed by atoms with Crippen molar-refractivity contribution >= 4 is 23.3 Å². The first-order valence-electron chi connectivity index (χ1n) is 5.23. The Morgan fingerprint density at radius 2 is 1.76 bits per heavy atom. The molecule has 0 unspecified atom stereocenters. The second-order valence-electron chi connectivity index (χ2n) is 4.74. The van der Waals surface area contributed by atoms with Crippen molar-refractivity contribution in [3.8, 4) is 11.6 Å². The first-order chi connectivity index (χ1) is 7.97. The molecule has 17 heavy (non-hydrogen) atoms. The molecule has 0 N–H and O–H groups in total. The van der Waals surface area contributed by atoms with Crippen molar-refractivity contribution in [2.24, 2.45) is 0 Å². The summed E-state index contributed by atoms with van der Waals surface area (Å²) in [5.74, 6) is 1.08. The molecule has 1 heterocycles. The van der Waals surface area contributed by atoms with E-state index in [2.05, 4.69) is 29.5 Å². The minimum atomic E-state index is 0.137. The van der Waals surface area contributed by atoms with Crippen molar-refractivity contribution in [3.63, 3.8) is 0 Å². The molecule has 0 bridgehead atoms. The summed E-state index contributed by atoms with van der Waals surface area (Å²) in [5, 5.41) is 0.301. The van der Waals surface area contributed by atoms with Gasteiger partial charge in [0.2, 0.25) is 5.15 Å². The number of benzene rings is 1. The van der Waals surface area contributed by atoms with Gasteiger partial charge in [0.05, 0.1) is 11.7 Å². The summed E-state index contributed by atoms with van der Waals surface area (Å²) in [6, 6.07) is 7.92. The number of aromatic nitrogens is 2. The molecule has 0 aliphatic carbocycles. The fourth-order valence-corrected chi connectivity index (χ4v) is 1.98. The maximum Gasteiger partial charge on any atom is 0.270 e. The third-order valence-corrected chi connectivity index (χ3v) is 3.21. The second kappa shape index (κ2) is 4.63. The number of hydrogen-bond donors (Lipinski definition) is 0. The SMILES string of the molecule is CC(C)(C)c1ccc(Oc2nsnc2Cl)cc1. The minimum Gasteiger partial charge on any atom is -0.436 e. The van der Waals surface area contributed by atoms with Crippen LogP contribution in [0.5, 0.6) is 11.6 Å². The molecule has 0 aliphatic heterocycles. The van der Waals surface area contributed by atoms with Crippen molar-refractivity contribution in [2.45, 2.75) is 26.2 Å². The number of rotatable bonds is 2. The molecule has 2 aromatic rings. The minimum absolute atomic E-state index is 0.137. The topological polar surface area (TPSA) is 35.0 Å². The first kappa shape index (κ1) is 12.3. The van der Waals surface area contributed by atoms with Crippen LogP contribution in [0.4, 0.5) is 0 Å². The lowest BCUT2D eigenvalue weighted by atomic mass is 9.87. The molecule has 0 aliphatic rings. The molecular formula is C12H13ClN2OS. The van der Waals surface area contributed by atoms with Gasteiger partial charge in [0, 0.05) is 0 Å². The van der Waals surface area contributed by atoms with Gasteiger partial charge in [-0.3, -0.25) is 0 Å². The lowest BCUT2D eigenvalue weighted by Crippen LogP contribution is -2.10. The van der Waals surface area contributed by atoms with E-state index in [4.69, 9.17) is 16.3 Å². The van der Waals surface area contributed by atoms with Crippen LogP contribution in [0.15, 0.2) is 24.3 Å². The van der Waals surface area contributed by atoms with Crippen LogP contribution in [0.1, 0.15) is 26.3 Å². The normalized spacial score (nSPS) is 11.5. The van der Waals surface area contributed by atoms with Gasteiger partial charge in [-0.25, -0.2) is 0 Å². The molecule has 1 aromatic heterocycles. The third-order valence-electron chi connectivity index (χ3n) is 2.36. The van der Waals surface area contributed by atoms with E-state index in [-0.39, 0.29) is 5.41 Å². The summed E-state index contributed by atoms with van der Waals surface area (Å²) in [5.41, 5.74) is 1.39. The highest BCUT2D eigenvalue weighted by Crippen LogP contribution is 2.29. The van der Waals surface area contributed by atoms with Crippen LogP contribution >= 0.6 is 23.3 Å². The average molecular weight is 269 g/mol. The summed E-state index contributed by atoms with van der Waals surface area (Å²) in [7, 11) is 0. The predicted octanol–water partition coefficient (Wildman–Crippen LogP) is 4.28. The van der Waals surface area contributed by atoms with E-state index >= 15 is 0 Å². The van der Waals surface area contributed by atoms with Crippen molar-refractivity contribution in [1.29, 1.82) is 0 Å². The lowest BCUT2D eigenvalue weighted by molar-refractivity contribution is 0.467. The van der Waals surface area contributed by atoms with E-state index in [1.54, 1.807) is 0 Å². The molecule has 0 saturated carbocycles. The first-order valence-corrected chi connectivity index (χ1v) is 6.34. The third kappa shape index (κ3) is 2.96. The van der Waals surface area contributed by atoms with Crippen LogP contribution in [-0.4, -0.2) is 8.75 Å². The zero-order valence-corrected chi connectivity index (χ0v) is 11.5. The smallest absolute Gasteiger partial charge is 0.270 e. The molecule has 0 fully saturated rings. The molecule has 3 nitrogen and oxygen atoms in total. The maximum atomic E-state index is 5.81. The molecule has 1 aromatic carbocycles. The Bertz CT molecular complexity index is 502. The summed E-state index contributed by atoms with van der Waals surface area (Å²) in [6.07, 6.45) is 0. The van der Waals surface area contributed by atoms with Gasteiger partial charge in [-0.2, -0.15) is 4.37 Å². The Balaban J connectivity index is 2.17. The highest BCUT2D eigenvalue weighted by atomic mass is 35.5. The number of hydrogen-bond acceptors (Lipinski definition) is 4. The summed E-state index contributed by atoms with van der Waals surface area (Å²) in [6.45, 7) is 6.51. The van der Waals surface area contributed by atoms with Crippen molar-refractivity contribution in [1.82, 2.24) is 8.75 Å². The quantitative estimate of drug-likeness (QED) is 0.815. The fourth-order valence-electron chi connectivity index (χ4n) is 1.37. The van der Waals surface area contributed by atoms with Gasteiger partial charge in [-0.15, -0.1) is 4.37 Å². The van der Waals surface area contributed by atoms with E-state index in [0.717, 1.165) is 11.7 Å². The largest absolute Gasteiger partial charge is 0.436 e. The van der Waals surface area contributed by atoms with Crippen molar-refractivity contribution < 1.29 is 4.74 Å². The van der Waals surface area contributed by atoms with Gasteiger partial charge >= 0.3 is 0 Å². The maximum absolute atomic E-state index is 5.81. The molecule has 0 spiro atoms. The molecule has 0 atom stereocenters. The Kier molecular flexibility index (Phi) is 3.35. The molecule has 0 amide bonds. The monoisotopic (exact) mass is 268 g/mol. The summed E-state index contributed by atoms with van der Waals surface area (Å²) >= 11 is 6.84. The zero-order valence-electron chi connectivity index (χ0n) is 9.90. The molecule has 0 saturated heterocycles. The lowest BCUT2D eigenvalue weighted by Gasteiger charge is -2.18. The molecule has 0 radical (unpaired) electrons. The highest BCUT2D eigenvalue weighted by molar-refractivity contribution is 6.99. The van der Waals surface area contributed by atoms with Gasteiger partial charge < -0.3 is 4.74 Å². The standard InChI is InChI=1S/C12H13ClN2OS/c1-12(2,3)8-4-6-9(7-5-8)16-11-10(13)14-17-15-11/h4-7H,1-3H3. The van der Waals surface area contributed by atoms with Crippen LogP contribution in [0.2, 0.25) is 5.15 Å². The molecule has 2 rings (SSSR count). The van der Waals surface area contributed by atoms with Crippen LogP contribution in [0.3, 0.4) is 0 Å². The summed E-state index contributed by atoms with van der Waals surface area (Å²) in [4.78, 5) is 0. The van der Waals surface area contributed by atoms with Gasteiger partial charge in [0.25, 0.3) is 5.88 Å². The van der Waals surface area contributed by atoms with E-state index in [9.17, 15) is 0 Å².